The molecular weight excluding hydrogens is 284 g/mol. The van der Waals surface area contributed by atoms with Crippen molar-refractivity contribution in [1.29, 1.82) is 0 Å². The van der Waals surface area contributed by atoms with E-state index in [1.54, 1.807) is 13.3 Å². The van der Waals surface area contributed by atoms with Gasteiger partial charge in [-0.1, -0.05) is 18.6 Å². The Bertz CT molecular complexity index is 789. The molecule has 0 aliphatic heterocycles. The maximum Gasteiger partial charge on any atom is 0.0900 e. The zero-order valence-electron chi connectivity index (χ0n) is 14.3. The van der Waals surface area contributed by atoms with Crippen molar-refractivity contribution in [1.82, 2.24) is 15.3 Å². The Morgan fingerprint density at radius 2 is 2.09 bits per heavy atom. The minimum Gasteiger partial charge on any atom is -0.386 e. The number of pyridine rings is 2. The monoisotopic (exact) mass is 308 g/mol. The molecule has 0 bridgehead atoms. The third kappa shape index (κ3) is 4.49. The van der Waals surface area contributed by atoms with E-state index in [4.69, 9.17) is 0 Å². The van der Waals surface area contributed by atoms with E-state index in [1.165, 1.54) is 10.8 Å². The lowest BCUT2D eigenvalue weighted by Gasteiger charge is -2.04. The Hall–Kier alpha value is -2.49. The molecule has 0 aliphatic rings. The predicted octanol–water partition coefficient (Wildman–Crippen LogP) is 1.94. The third-order valence-corrected chi connectivity index (χ3v) is 3.79. The van der Waals surface area contributed by atoms with Crippen molar-refractivity contribution in [3.05, 3.63) is 58.0 Å². The van der Waals surface area contributed by atoms with Crippen LogP contribution in [0.4, 0.5) is 0 Å². The van der Waals surface area contributed by atoms with Crippen LogP contribution in [0.25, 0.3) is 11.8 Å². The van der Waals surface area contributed by atoms with E-state index in [0.717, 1.165) is 35.1 Å². The molecule has 1 N–H and O–H groups in total. The third-order valence-electron chi connectivity index (χ3n) is 3.79. The first-order valence-corrected chi connectivity index (χ1v) is 7.87. The molecule has 0 amide bonds. The molecule has 0 spiro atoms. The molecule has 0 unspecified atom stereocenters. The van der Waals surface area contributed by atoms with Gasteiger partial charge in [0.2, 0.25) is 0 Å². The highest BCUT2D eigenvalue weighted by Gasteiger charge is 1.98. The Kier molecular flexibility index (Phi) is 6.03. The van der Waals surface area contributed by atoms with E-state index < -0.39 is 0 Å². The number of nitrogens with zero attached hydrogens (tertiary/aromatic N) is 3. The second kappa shape index (κ2) is 8.22. The Morgan fingerprint density at radius 3 is 2.74 bits per heavy atom. The van der Waals surface area contributed by atoms with E-state index >= 15 is 0 Å². The number of aryl methyl sites for hydroxylation is 1. The Labute approximate surface area is 137 Å². The number of hydrogen-bond acceptors (Lipinski definition) is 4. The van der Waals surface area contributed by atoms with Gasteiger partial charge in [0.1, 0.15) is 0 Å². The average Bonchev–Trinajstić information content (AvgIpc) is 2.57. The second-order valence-corrected chi connectivity index (χ2v) is 5.51. The summed E-state index contributed by atoms with van der Waals surface area (Å²) in [5.41, 5.74) is 4.40. The smallest absolute Gasteiger partial charge is 0.0900 e. The molecule has 4 heteroatoms. The molecule has 0 radical (unpaired) electrons. The highest BCUT2D eigenvalue weighted by molar-refractivity contribution is 5.77. The molecule has 120 valence electrons. The van der Waals surface area contributed by atoms with Crippen LogP contribution in [0.2, 0.25) is 0 Å². The normalized spacial score (nSPS) is 13.5. The largest absolute Gasteiger partial charge is 0.386 e. The van der Waals surface area contributed by atoms with Gasteiger partial charge >= 0.3 is 0 Å². The van der Waals surface area contributed by atoms with E-state index in [-0.39, 0.29) is 0 Å². The number of rotatable bonds is 5. The zero-order chi connectivity index (χ0) is 16.7. The molecule has 0 aliphatic carbocycles. The molecule has 0 saturated carbocycles. The van der Waals surface area contributed by atoms with Crippen LogP contribution in [0, 0.1) is 6.92 Å². The van der Waals surface area contributed by atoms with Crippen LogP contribution in [0.3, 0.4) is 0 Å². The summed E-state index contributed by atoms with van der Waals surface area (Å²) >= 11 is 0. The summed E-state index contributed by atoms with van der Waals surface area (Å²) in [6.45, 7) is 7.04. The van der Waals surface area contributed by atoms with Crippen molar-refractivity contribution in [3.8, 4) is 0 Å². The minimum atomic E-state index is 0.732. The van der Waals surface area contributed by atoms with Crippen LogP contribution in [-0.2, 0) is 6.54 Å². The fourth-order valence-corrected chi connectivity index (χ4v) is 2.30. The van der Waals surface area contributed by atoms with Crippen molar-refractivity contribution >= 4 is 18.0 Å². The van der Waals surface area contributed by atoms with E-state index in [1.807, 2.05) is 31.6 Å². The molecule has 0 fully saturated rings. The topological polar surface area (TPSA) is 50.2 Å². The Morgan fingerprint density at radius 1 is 1.26 bits per heavy atom. The van der Waals surface area contributed by atoms with Gasteiger partial charge in [0.15, 0.2) is 0 Å². The number of aliphatic imine (C=N–C) groups is 1. The van der Waals surface area contributed by atoms with Gasteiger partial charge < -0.3 is 5.32 Å². The van der Waals surface area contributed by atoms with Crippen LogP contribution in [0.5, 0.6) is 0 Å². The molecular formula is C19H24N4. The standard InChI is InChI=1S/C19H24N4/c1-5-14(2)17-8-9-22-19(13-20-4)18(17)12-21-10-16-7-6-15(3)23-11-16/h6-9,11-13,21H,5,10H2,1-4H3/b17-14-,18-12+,20-13?. The van der Waals surface area contributed by atoms with Gasteiger partial charge in [0.25, 0.3) is 0 Å². The van der Waals surface area contributed by atoms with Crippen molar-refractivity contribution in [3.63, 3.8) is 0 Å². The van der Waals surface area contributed by atoms with Gasteiger partial charge in [-0.15, -0.1) is 0 Å². The predicted molar refractivity (Wildman–Crippen MR) is 96.7 cm³/mol. The molecule has 2 aromatic rings. The number of hydrogen-bond donors (Lipinski definition) is 1. The van der Waals surface area contributed by atoms with Crippen molar-refractivity contribution < 1.29 is 0 Å². The molecule has 0 aromatic carbocycles. The summed E-state index contributed by atoms with van der Waals surface area (Å²) in [7, 11) is 1.76. The lowest BCUT2D eigenvalue weighted by molar-refractivity contribution is 0.898. The summed E-state index contributed by atoms with van der Waals surface area (Å²) in [6, 6.07) is 6.18. The fourth-order valence-electron chi connectivity index (χ4n) is 2.30. The molecule has 0 saturated heterocycles. The number of nitrogens with one attached hydrogen (secondary N) is 1. The Balaban J connectivity index is 2.38. The summed E-state index contributed by atoms with van der Waals surface area (Å²) in [6.07, 6.45) is 8.58. The van der Waals surface area contributed by atoms with Crippen LogP contribution >= 0.6 is 0 Å². The van der Waals surface area contributed by atoms with E-state index in [2.05, 4.69) is 46.3 Å². The maximum absolute atomic E-state index is 4.44. The van der Waals surface area contributed by atoms with Gasteiger partial charge in [0.05, 0.1) is 5.69 Å². The van der Waals surface area contributed by atoms with Crippen molar-refractivity contribution in [2.45, 2.75) is 33.7 Å². The quantitative estimate of drug-likeness (QED) is 0.859. The van der Waals surface area contributed by atoms with Gasteiger partial charge in [0, 0.05) is 49.3 Å². The molecule has 0 atom stereocenters. The molecule has 2 aromatic heterocycles. The van der Waals surface area contributed by atoms with E-state index in [0.29, 0.717) is 0 Å². The van der Waals surface area contributed by atoms with Crippen LogP contribution in [-0.4, -0.2) is 23.2 Å². The lowest BCUT2D eigenvalue weighted by Crippen LogP contribution is -2.33. The first-order valence-electron chi connectivity index (χ1n) is 7.87. The first kappa shape index (κ1) is 16.9. The van der Waals surface area contributed by atoms with Gasteiger partial charge in [-0.3, -0.25) is 15.0 Å². The first-order chi connectivity index (χ1) is 11.2. The molecule has 4 nitrogen and oxygen atoms in total. The highest BCUT2D eigenvalue weighted by atomic mass is 14.8. The van der Waals surface area contributed by atoms with Crippen LogP contribution in [0.1, 0.15) is 37.2 Å². The average molecular weight is 308 g/mol. The summed E-state index contributed by atoms with van der Waals surface area (Å²) in [5.74, 6) is 0. The highest BCUT2D eigenvalue weighted by Crippen LogP contribution is 1.98. The van der Waals surface area contributed by atoms with Gasteiger partial charge in [-0.2, -0.15) is 0 Å². The minimum absolute atomic E-state index is 0.732. The summed E-state index contributed by atoms with van der Waals surface area (Å²) in [4.78, 5) is 12.9. The van der Waals surface area contributed by atoms with Crippen molar-refractivity contribution in [2.24, 2.45) is 4.99 Å². The second-order valence-electron chi connectivity index (χ2n) is 5.51. The van der Waals surface area contributed by atoms with Crippen LogP contribution in [0.15, 0.2) is 35.6 Å². The molecule has 2 heterocycles. The van der Waals surface area contributed by atoms with Gasteiger partial charge in [-0.05, 0) is 43.2 Å². The lowest BCUT2D eigenvalue weighted by atomic mass is 10.1. The van der Waals surface area contributed by atoms with Gasteiger partial charge in [-0.25, -0.2) is 0 Å². The summed E-state index contributed by atoms with van der Waals surface area (Å²) in [5, 5.41) is 5.67. The SMILES string of the molecule is CC/C(C)=c1/ccnc(C=NC)/c1=C/NCc1ccc(C)nc1. The van der Waals surface area contributed by atoms with Crippen molar-refractivity contribution in [2.75, 3.05) is 7.05 Å². The molecule has 2 rings (SSSR count). The maximum atomic E-state index is 4.44. The van der Waals surface area contributed by atoms with Crippen LogP contribution < -0.4 is 15.8 Å². The fraction of sp³-hybridized carbons (Fsp3) is 0.316. The van der Waals surface area contributed by atoms with E-state index in [9.17, 15) is 0 Å². The number of aromatic nitrogens is 2. The zero-order valence-corrected chi connectivity index (χ0v) is 14.3. The summed E-state index contributed by atoms with van der Waals surface area (Å²) < 4.78 is 0. The molecule has 23 heavy (non-hydrogen) atoms.